The molecule has 1 N–H and O–H groups in total. The summed E-state index contributed by atoms with van der Waals surface area (Å²) in [6.45, 7) is 1.66. The first-order valence-corrected chi connectivity index (χ1v) is 13.2. The number of carbonyl (C=O) groups excluding carboxylic acids is 2. The molecule has 9 nitrogen and oxygen atoms in total. The van der Waals surface area contributed by atoms with Crippen LogP contribution in [0.4, 0.5) is 11.4 Å². The minimum absolute atomic E-state index is 0.0148. The van der Waals surface area contributed by atoms with Gasteiger partial charge in [-0.1, -0.05) is 30.3 Å². The summed E-state index contributed by atoms with van der Waals surface area (Å²) in [7, 11) is -1.66. The number of ether oxygens (including phenoxy) is 3. The molecule has 0 unspecified atom stereocenters. The van der Waals surface area contributed by atoms with Gasteiger partial charge in [-0.05, 0) is 73.2 Å². The highest BCUT2D eigenvalue weighted by atomic mass is 32.2. The van der Waals surface area contributed by atoms with Crippen LogP contribution >= 0.6 is 0 Å². The Morgan fingerprint density at radius 2 is 1.49 bits per heavy atom. The van der Waals surface area contributed by atoms with Crippen molar-refractivity contribution in [1.29, 1.82) is 0 Å². The molecular weight excluding hydrogens is 520 g/mol. The van der Waals surface area contributed by atoms with Gasteiger partial charge in [0.05, 0.1) is 24.7 Å². The van der Waals surface area contributed by atoms with E-state index >= 15 is 0 Å². The van der Waals surface area contributed by atoms with E-state index in [1.165, 1.54) is 37.5 Å². The first-order valence-electron chi connectivity index (χ1n) is 11.7. The molecule has 0 aromatic heterocycles. The van der Waals surface area contributed by atoms with Crippen molar-refractivity contribution in [2.45, 2.75) is 11.8 Å². The molecule has 0 saturated heterocycles. The van der Waals surface area contributed by atoms with Crippen LogP contribution in [-0.4, -0.2) is 34.6 Å². The number of hydrogen-bond acceptors (Lipinski definition) is 8. The maximum absolute atomic E-state index is 13.4. The standard InChI is InChI=1S/C29H26N2O7S/c1-20-12-15-22(31-18-8-7-11-25(28(32)36-2)27(31)29(33)37-3)19-26(20)39(34,35)30-21-13-16-24(17-14-21)38-23-9-5-4-6-10-23/h4-19,30H,1-3H3. The van der Waals surface area contributed by atoms with Crippen LogP contribution in [0.3, 0.4) is 0 Å². The molecule has 0 amide bonds. The van der Waals surface area contributed by atoms with Crippen LogP contribution in [0, 0.1) is 6.92 Å². The number of allylic oxidation sites excluding steroid dienone is 2. The largest absolute Gasteiger partial charge is 0.465 e. The summed E-state index contributed by atoms with van der Waals surface area (Å²) < 4.78 is 44.9. The maximum atomic E-state index is 13.4. The van der Waals surface area contributed by atoms with E-state index in [-0.39, 0.29) is 16.2 Å². The Morgan fingerprint density at radius 1 is 0.821 bits per heavy atom. The van der Waals surface area contributed by atoms with Crippen LogP contribution < -0.4 is 14.4 Å². The first-order chi connectivity index (χ1) is 18.7. The monoisotopic (exact) mass is 546 g/mol. The highest BCUT2D eigenvalue weighted by molar-refractivity contribution is 7.92. The SMILES string of the molecule is COC(=O)C1=C(C(=O)OC)N(c2ccc(C)c(S(=O)(=O)Nc3ccc(Oc4ccccc4)cc3)c2)C=CC=C1. The van der Waals surface area contributed by atoms with Crippen LogP contribution in [0.25, 0.3) is 0 Å². The van der Waals surface area contributed by atoms with E-state index in [9.17, 15) is 18.0 Å². The molecule has 10 heteroatoms. The lowest BCUT2D eigenvalue weighted by molar-refractivity contribution is -0.139. The molecular formula is C29H26N2O7S. The third-order valence-electron chi connectivity index (χ3n) is 5.71. The average Bonchev–Trinajstić information content (AvgIpc) is 3.17. The number of rotatable bonds is 8. The molecule has 0 spiro atoms. The fraction of sp³-hybridized carbons (Fsp3) is 0.103. The summed E-state index contributed by atoms with van der Waals surface area (Å²) in [5, 5.41) is 0. The number of nitrogens with one attached hydrogen (secondary N) is 1. The van der Waals surface area contributed by atoms with E-state index in [1.54, 1.807) is 55.5 Å². The average molecular weight is 547 g/mol. The summed E-state index contributed by atoms with van der Waals surface area (Å²) in [5.41, 5.74) is 0.958. The van der Waals surface area contributed by atoms with Crippen molar-refractivity contribution >= 4 is 33.3 Å². The zero-order chi connectivity index (χ0) is 28.0. The van der Waals surface area contributed by atoms with E-state index in [0.717, 1.165) is 0 Å². The lowest BCUT2D eigenvalue weighted by atomic mass is 10.1. The number of esters is 2. The highest BCUT2D eigenvalue weighted by Gasteiger charge is 2.28. The van der Waals surface area contributed by atoms with Crippen molar-refractivity contribution in [2.24, 2.45) is 0 Å². The Balaban J connectivity index is 1.66. The topological polar surface area (TPSA) is 111 Å². The fourth-order valence-electron chi connectivity index (χ4n) is 3.82. The summed E-state index contributed by atoms with van der Waals surface area (Å²) in [6.07, 6.45) is 6.11. The summed E-state index contributed by atoms with van der Waals surface area (Å²) >= 11 is 0. The molecule has 3 aromatic rings. The molecule has 0 bridgehead atoms. The van der Waals surface area contributed by atoms with Crippen molar-refractivity contribution in [3.63, 3.8) is 0 Å². The predicted molar refractivity (Wildman–Crippen MR) is 147 cm³/mol. The summed E-state index contributed by atoms with van der Waals surface area (Å²) in [4.78, 5) is 26.5. The maximum Gasteiger partial charge on any atom is 0.355 e. The van der Waals surface area contributed by atoms with Crippen LogP contribution in [-0.2, 0) is 29.1 Å². The van der Waals surface area contributed by atoms with Gasteiger partial charge < -0.3 is 19.1 Å². The van der Waals surface area contributed by atoms with Crippen LogP contribution in [0.5, 0.6) is 11.5 Å². The molecule has 0 aliphatic carbocycles. The molecule has 39 heavy (non-hydrogen) atoms. The molecule has 1 aliphatic heterocycles. The van der Waals surface area contributed by atoms with Gasteiger partial charge >= 0.3 is 11.9 Å². The third kappa shape index (κ3) is 6.19. The molecule has 200 valence electrons. The van der Waals surface area contributed by atoms with E-state index in [4.69, 9.17) is 14.2 Å². The Bertz CT molecular complexity index is 1580. The van der Waals surface area contributed by atoms with Gasteiger partial charge in [0.25, 0.3) is 10.0 Å². The van der Waals surface area contributed by atoms with E-state index in [1.807, 2.05) is 30.3 Å². The molecule has 0 atom stereocenters. The molecule has 0 fully saturated rings. The van der Waals surface area contributed by atoms with Gasteiger partial charge in [-0.3, -0.25) is 4.72 Å². The number of hydrogen-bond donors (Lipinski definition) is 1. The van der Waals surface area contributed by atoms with Gasteiger partial charge in [0, 0.05) is 17.6 Å². The van der Waals surface area contributed by atoms with Crippen LogP contribution in [0.1, 0.15) is 5.56 Å². The molecule has 1 heterocycles. The van der Waals surface area contributed by atoms with Gasteiger partial charge in [0.1, 0.15) is 17.2 Å². The second-order valence-electron chi connectivity index (χ2n) is 8.31. The Hall–Kier alpha value is -4.83. The van der Waals surface area contributed by atoms with Crippen molar-refractivity contribution in [2.75, 3.05) is 23.8 Å². The van der Waals surface area contributed by atoms with E-state index in [2.05, 4.69) is 4.72 Å². The number of nitrogens with zero attached hydrogens (tertiary/aromatic N) is 1. The number of methoxy groups -OCH3 is 2. The lowest BCUT2D eigenvalue weighted by Crippen LogP contribution is -2.27. The van der Waals surface area contributed by atoms with Crippen LogP contribution in [0.2, 0.25) is 0 Å². The molecule has 0 radical (unpaired) electrons. The van der Waals surface area contributed by atoms with Crippen molar-refractivity contribution < 1.29 is 32.2 Å². The van der Waals surface area contributed by atoms with Crippen LogP contribution in [0.15, 0.2) is 113 Å². The normalized spacial score (nSPS) is 13.1. The molecule has 4 rings (SSSR count). The number of benzene rings is 3. The number of carbonyl (C=O) groups is 2. The van der Waals surface area contributed by atoms with Gasteiger partial charge in [0.15, 0.2) is 0 Å². The van der Waals surface area contributed by atoms with Gasteiger partial charge in [0.2, 0.25) is 0 Å². The second-order valence-corrected chi connectivity index (χ2v) is 9.96. The first kappa shape index (κ1) is 27.2. The minimum Gasteiger partial charge on any atom is -0.465 e. The third-order valence-corrected chi connectivity index (χ3v) is 7.24. The highest BCUT2D eigenvalue weighted by Crippen LogP contribution is 2.31. The predicted octanol–water partition coefficient (Wildman–Crippen LogP) is 5.08. The Kier molecular flexibility index (Phi) is 8.16. The smallest absolute Gasteiger partial charge is 0.355 e. The van der Waals surface area contributed by atoms with Crippen molar-refractivity contribution in [3.8, 4) is 11.5 Å². The summed E-state index contributed by atoms with van der Waals surface area (Å²) in [5.74, 6) is -0.339. The minimum atomic E-state index is -4.04. The van der Waals surface area contributed by atoms with Crippen molar-refractivity contribution in [3.05, 3.63) is 114 Å². The number of aryl methyl sites for hydroxylation is 1. The van der Waals surface area contributed by atoms with Gasteiger partial charge in [-0.2, -0.15) is 0 Å². The number of anilines is 2. The lowest BCUT2D eigenvalue weighted by Gasteiger charge is -2.24. The number of sulfonamides is 1. The summed E-state index contributed by atoms with van der Waals surface area (Å²) in [6, 6.07) is 20.4. The van der Waals surface area contributed by atoms with Gasteiger partial charge in [-0.15, -0.1) is 0 Å². The fourth-order valence-corrected chi connectivity index (χ4v) is 5.14. The quantitative estimate of drug-likeness (QED) is 0.390. The van der Waals surface area contributed by atoms with Gasteiger partial charge in [-0.25, -0.2) is 18.0 Å². The molecule has 1 aliphatic rings. The second kappa shape index (κ2) is 11.7. The molecule has 3 aromatic carbocycles. The molecule has 0 saturated carbocycles. The Morgan fingerprint density at radius 3 is 2.15 bits per heavy atom. The number of para-hydroxylation sites is 1. The van der Waals surface area contributed by atoms with E-state index < -0.39 is 22.0 Å². The zero-order valence-electron chi connectivity index (χ0n) is 21.5. The van der Waals surface area contributed by atoms with Crippen molar-refractivity contribution in [1.82, 2.24) is 0 Å². The van der Waals surface area contributed by atoms with E-state index in [0.29, 0.717) is 28.4 Å². The zero-order valence-corrected chi connectivity index (χ0v) is 22.3. The Labute approximate surface area is 226 Å².